The molecule has 1 unspecified atom stereocenters. The molecular formula is C14H17NO4. The number of hydrogen-bond acceptors (Lipinski definition) is 4. The van der Waals surface area contributed by atoms with Crippen molar-refractivity contribution < 1.29 is 19.1 Å². The Hall–Kier alpha value is -2.04. The maximum atomic E-state index is 12.2. The Kier molecular flexibility index (Phi) is 3.74. The first kappa shape index (κ1) is 13.4. The van der Waals surface area contributed by atoms with E-state index in [1.807, 2.05) is 12.1 Å². The van der Waals surface area contributed by atoms with Gasteiger partial charge >= 0.3 is 5.97 Å². The maximum Gasteiger partial charge on any atom is 0.318 e. The Morgan fingerprint density at radius 2 is 2.21 bits per heavy atom. The van der Waals surface area contributed by atoms with Crippen molar-refractivity contribution in [2.24, 2.45) is 5.92 Å². The summed E-state index contributed by atoms with van der Waals surface area (Å²) >= 11 is 0. The molecule has 0 saturated carbocycles. The lowest BCUT2D eigenvalue weighted by Gasteiger charge is -2.30. The lowest BCUT2D eigenvalue weighted by atomic mass is 9.92. The number of methoxy groups -OCH3 is 1. The molecule has 0 saturated heterocycles. The topological polar surface area (TPSA) is 55.8 Å². The third-order valence-electron chi connectivity index (χ3n) is 3.27. The number of nitrogens with zero attached hydrogens (tertiary/aromatic N) is 1. The molecule has 1 amide bonds. The van der Waals surface area contributed by atoms with Gasteiger partial charge in [0.15, 0.2) is 0 Å². The van der Waals surface area contributed by atoms with Crippen LogP contribution in [0.5, 0.6) is 5.75 Å². The molecule has 0 radical (unpaired) electrons. The van der Waals surface area contributed by atoms with Crippen LogP contribution in [0.4, 0.5) is 5.69 Å². The summed E-state index contributed by atoms with van der Waals surface area (Å²) in [4.78, 5) is 25.5. The van der Waals surface area contributed by atoms with Gasteiger partial charge in [-0.1, -0.05) is 0 Å². The SMILES string of the molecule is CCOC(=O)C1Cc2cc(OC)ccc2N(C)C1=O. The van der Waals surface area contributed by atoms with Crippen molar-refractivity contribution in [2.75, 3.05) is 25.7 Å². The average molecular weight is 263 g/mol. The number of ether oxygens (including phenoxy) is 2. The van der Waals surface area contributed by atoms with E-state index in [9.17, 15) is 9.59 Å². The fraction of sp³-hybridized carbons (Fsp3) is 0.429. The predicted octanol–water partition coefficient (Wildman–Crippen LogP) is 1.39. The van der Waals surface area contributed by atoms with Crippen LogP contribution in [-0.4, -0.2) is 32.6 Å². The maximum absolute atomic E-state index is 12.2. The zero-order chi connectivity index (χ0) is 14.0. The van der Waals surface area contributed by atoms with E-state index in [1.165, 1.54) is 4.90 Å². The Morgan fingerprint density at radius 1 is 1.47 bits per heavy atom. The molecule has 1 atom stereocenters. The molecular weight excluding hydrogens is 246 g/mol. The van der Waals surface area contributed by atoms with E-state index < -0.39 is 11.9 Å². The molecule has 0 aliphatic carbocycles. The second-order valence-electron chi connectivity index (χ2n) is 4.40. The molecule has 2 rings (SSSR count). The van der Waals surface area contributed by atoms with E-state index in [0.717, 1.165) is 11.3 Å². The van der Waals surface area contributed by atoms with E-state index in [2.05, 4.69) is 0 Å². The van der Waals surface area contributed by atoms with Crippen LogP contribution in [0, 0.1) is 5.92 Å². The fourth-order valence-electron chi connectivity index (χ4n) is 2.27. The van der Waals surface area contributed by atoms with Crippen molar-refractivity contribution >= 4 is 17.6 Å². The van der Waals surface area contributed by atoms with Gasteiger partial charge < -0.3 is 14.4 Å². The predicted molar refractivity (Wildman–Crippen MR) is 70.2 cm³/mol. The normalized spacial score (nSPS) is 17.9. The minimum Gasteiger partial charge on any atom is -0.497 e. The van der Waals surface area contributed by atoms with E-state index in [0.29, 0.717) is 12.2 Å². The summed E-state index contributed by atoms with van der Waals surface area (Å²) < 4.78 is 10.1. The Bertz CT molecular complexity index is 512. The highest BCUT2D eigenvalue weighted by atomic mass is 16.5. The first-order valence-corrected chi connectivity index (χ1v) is 6.19. The Labute approximate surface area is 112 Å². The lowest BCUT2D eigenvalue weighted by molar-refractivity contribution is -0.151. The van der Waals surface area contributed by atoms with Gasteiger partial charge in [-0.15, -0.1) is 0 Å². The minimum atomic E-state index is -0.760. The summed E-state index contributed by atoms with van der Waals surface area (Å²) in [5.74, 6) is -0.738. The van der Waals surface area contributed by atoms with Gasteiger partial charge in [-0.25, -0.2) is 0 Å². The van der Waals surface area contributed by atoms with Gasteiger partial charge in [0.25, 0.3) is 0 Å². The number of hydrogen-bond donors (Lipinski definition) is 0. The molecule has 0 spiro atoms. The molecule has 19 heavy (non-hydrogen) atoms. The molecule has 1 aliphatic heterocycles. The highest BCUT2D eigenvalue weighted by Crippen LogP contribution is 2.32. The van der Waals surface area contributed by atoms with Crippen molar-refractivity contribution in [3.05, 3.63) is 23.8 Å². The first-order chi connectivity index (χ1) is 9.08. The van der Waals surface area contributed by atoms with Gasteiger partial charge in [0, 0.05) is 12.7 Å². The first-order valence-electron chi connectivity index (χ1n) is 6.19. The van der Waals surface area contributed by atoms with E-state index in [-0.39, 0.29) is 12.5 Å². The van der Waals surface area contributed by atoms with E-state index >= 15 is 0 Å². The highest BCUT2D eigenvalue weighted by Gasteiger charge is 2.36. The molecule has 1 aliphatic rings. The molecule has 0 fully saturated rings. The van der Waals surface area contributed by atoms with Crippen LogP contribution in [0.15, 0.2) is 18.2 Å². The monoisotopic (exact) mass is 263 g/mol. The number of anilines is 1. The van der Waals surface area contributed by atoms with Crippen LogP contribution in [-0.2, 0) is 20.7 Å². The second kappa shape index (κ2) is 5.30. The van der Waals surface area contributed by atoms with E-state index in [1.54, 1.807) is 27.1 Å². The quantitative estimate of drug-likeness (QED) is 0.611. The highest BCUT2D eigenvalue weighted by molar-refractivity contribution is 6.08. The van der Waals surface area contributed by atoms with Gasteiger partial charge in [-0.3, -0.25) is 9.59 Å². The molecule has 5 nitrogen and oxygen atoms in total. The van der Waals surface area contributed by atoms with Gasteiger partial charge in [0.2, 0.25) is 5.91 Å². The molecule has 1 heterocycles. The largest absolute Gasteiger partial charge is 0.497 e. The Balaban J connectivity index is 2.34. The molecule has 0 bridgehead atoms. The summed E-state index contributed by atoms with van der Waals surface area (Å²) in [7, 11) is 3.25. The lowest BCUT2D eigenvalue weighted by Crippen LogP contribution is -2.42. The minimum absolute atomic E-state index is 0.226. The number of rotatable bonds is 3. The third kappa shape index (κ3) is 2.41. The third-order valence-corrected chi connectivity index (χ3v) is 3.27. The standard InChI is InChI=1S/C14H17NO4/c1-4-19-14(17)11-8-9-7-10(18-3)5-6-12(9)15(2)13(11)16/h5-7,11H,4,8H2,1-3H3. The number of esters is 1. The molecule has 0 aromatic heterocycles. The van der Waals surface area contributed by atoms with Crippen LogP contribution >= 0.6 is 0 Å². The summed E-state index contributed by atoms with van der Waals surface area (Å²) in [5.41, 5.74) is 1.73. The molecule has 1 aromatic rings. The van der Waals surface area contributed by atoms with Crippen molar-refractivity contribution in [1.82, 2.24) is 0 Å². The number of amides is 1. The van der Waals surface area contributed by atoms with Crippen molar-refractivity contribution in [2.45, 2.75) is 13.3 Å². The van der Waals surface area contributed by atoms with Crippen LogP contribution < -0.4 is 9.64 Å². The van der Waals surface area contributed by atoms with Gasteiger partial charge in [-0.2, -0.15) is 0 Å². The summed E-state index contributed by atoms with van der Waals surface area (Å²) in [6.45, 7) is 2.00. The molecule has 0 N–H and O–H groups in total. The average Bonchev–Trinajstić information content (AvgIpc) is 2.42. The Morgan fingerprint density at radius 3 is 2.84 bits per heavy atom. The van der Waals surface area contributed by atoms with Crippen LogP contribution in [0.2, 0.25) is 0 Å². The van der Waals surface area contributed by atoms with Gasteiger partial charge in [-0.05, 0) is 37.1 Å². The zero-order valence-corrected chi connectivity index (χ0v) is 11.3. The number of carbonyl (C=O) groups excluding carboxylic acids is 2. The summed E-state index contributed by atoms with van der Waals surface area (Å²) in [6.07, 6.45) is 0.356. The second-order valence-corrected chi connectivity index (χ2v) is 4.40. The molecule has 5 heteroatoms. The smallest absolute Gasteiger partial charge is 0.318 e. The van der Waals surface area contributed by atoms with Crippen LogP contribution in [0.3, 0.4) is 0 Å². The number of carbonyl (C=O) groups is 2. The number of benzene rings is 1. The van der Waals surface area contributed by atoms with Crippen LogP contribution in [0.1, 0.15) is 12.5 Å². The summed E-state index contributed by atoms with van der Waals surface area (Å²) in [6, 6.07) is 5.48. The van der Waals surface area contributed by atoms with Gasteiger partial charge in [0.05, 0.1) is 13.7 Å². The van der Waals surface area contributed by atoms with Crippen LogP contribution in [0.25, 0.3) is 0 Å². The van der Waals surface area contributed by atoms with E-state index in [4.69, 9.17) is 9.47 Å². The zero-order valence-electron chi connectivity index (χ0n) is 11.3. The molecule has 102 valence electrons. The van der Waals surface area contributed by atoms with Crippen molar-refractivity contribution in [3.63, 3.8) is 0 Å². The fourth-order valence-corrected chi connectivity index (χ4v) is 2.27. The number of fused-ring (bicyclic) bond motifs is 1. The molecule has 1 aromatic carbocycles. The van der Waals surface area contributed by atoms with Crippen molar-refractivity contribution in [1.29, 1.82) is 0 Å². The van der Waals surface area contributed by atoms with Gasteiger partial charge in [0.1, 0.15) is 11.7 Å². The summed E-state index contributed by atoms with van der Waals surface area (Å²) in [5, 5.41) is 0. The van der Waals surface area contributed by atoms with Crippen molar-refractivity contribution in [3.8, 4) is 5.75 Å².